The maximum Gasteiger partial charge on any atom is 0.303 e. The van der Waals surface area contributed by atoms with Gasteiger partial charge in [-0.3, -0.25) is 9.59 Å². The third-order valence-electron chi connectivity index (χ3n) is 3.30. The van der Waals surface area contributed by atoms with E-state index in [9.17, 15) is 9.59 Å². The van der Waals surface area contributed by atoms with E-state index in [1.165, 1.54) is 17.7 Å². The Hall–Kier alpha value is -1.36. The minimum Gasteiger partial charge on any atom is -0.481 e. The second-order valence-corrected chi connectivity index (χ2v) is 5.98. The van der Waals surface area contributed by atoms with E-state index in [2.05, 4.69) is 11.4 Å². The van der Waals surface area contributed by atoms with Gasteiger partial charge in [0.1, 0.15) is 0 Å². The summed E-state index contributed by atoms with van der Waals surface area (Å²) in [6, 6.07) is 4.24. The van der Waals surface area contributed by atoms with Crippen LogP contribution in [-0.4, -0.2) is 17.0 Å². The zero-order valence-corrected chi connectivity index (χ0v) is 11.6. The third-order valence-corrected chi connectivity index (χ3v) is 4.26. The van der Waals surface area contributed by atoms with Crippen LogP contribution in [-0.2, 0) is 9.59 Å². The molecule has 1 aromatic rings. The standard InChI is InChI=1S/C14H19NO3S/c16-12(5-1-2-6-13(17)18)15-14(10-7-8-10)11-4-3-9-19-11/h3-4,9-10,14H,1-2,5-8H2,(H,15,16)(H,17,18). The molecule has 1 aliphatic rings. The SMILES string of the molecule is O=C(O)CCCCC(=O)NC(c1cccs1)C1CC1. The van der Waals surface area contributed by atoms with Gasteiger partial charge in [0.05, 0.1) is 6.04 Å². The highest BCUT2D eigenvalue weighted by Gasteiger charge is 2.33. The molecule has 1 fully saturated rings. The van der Waals surface area contributed by atoms with Gasteiger partial charge in [-0.25, -0.2) is 0 Å². The molecule has 2 N–H and O–H groups in total. The monoisotopic (exact) mass is 281 g/mol. The molecule has 1 aromatic heterocycles. The predicted octanol–water partition coefficient (Wildman–Crippen LogP) is 2.96. The first-order valence-electron chi connectivity index (χ1n) is 6.71. The number of thiophene rings is 1. The Bertz CT molecular complexity index is 426. The summed E-state index contributed by atoms with van der Waals surface area (Å²) in [5.74, 6) is -0.174. The van der Waals surface area contributed by atoms with Crippen LogP contribution in [0.2, 0.25) is 0 Å². The molecule has 2 rings (SSSR count). The summed E-state index contributed by atoms with van der Waals surface area (Å²) in [6.45, 7) is 0. The number of unbranched alkanes of at least 4 members (excludes halogenated alkanes) is 1. The molecule has 0 bridgehead atoms. The molecular formula is C14H19NO3S. The van der Waals surface area contributed by atoms with E-state index < -0.39 is 5.97 Å². The van der Waals surface area contributed by atoms with Gasteiger partial charge < -0.3 is 10.4 Å². The Morgan fingerprint density at radius 2 is 2.11 bits per heavy atom. The lowest BCUT2D eigenvalue weighted by atomic mass is 10.1. The number of carboxylic acids is 1. The maximum atomic E-state index is 11.9. The van der Waals surface area contributed by atoms with Crippen molar-refractivity contribution in [1.29, 1.82) is 0 Å². The highest BCUT2D eigenvalue weighted by atomic mass is 32.1. The third kappa shape index (κ3) is 4.67. The molecule has 4 nitrogen and oxygen atoms in total. The molecule has 1 aliphatic carbocycles. The van der Waals surface area contributed by atoms with Crippen LogP contribution in [0.25, 0.3) is 0 Å². The number of hydrogen-bond donors (Lipinski definition) is 2. The van der Waals surface area contributed by atoms with E-state index in [0.29, 0.717) is 25.2 Å². The zero-order valence-electron chi connectivity index (χ0n) is 10.8. The number of rotatable bonds is 8. The molecule has 0 spiro atoms. The number of nitrogens with one attached hydrogen (secondary N) is 1. The molecular weight excluding hydrogens is 262 g/mol. The van der Waals surface area contributed by atoms with E-state index >= 15 is 0 Å². The Kier molecular flexibility index (Phi) is 4.96. The second kappa shape index (κ2) is 6.70. The van der Waals surface area contributed by atoms with E-state index in [1.54, 1.807) is 11.3 Å². The van der Waals surface area contributed by atoms with Crippen LogP contribution in [0.5, 0.6) is 0 Å². The molecule has 0 aliphatic heterocycles. The first-order chi connectivity index (χ1) is 9.16. The highest BCUT2D eigenvalue weighted by Crippen LogP contribution is 2.42. The summed E-state index contributed by atoms with van der Waals surface area (Å²) in [7, 11) is 0. The molecule has 1 saturated carbocycles. The lowest BCUT2D eigenvalue weighted by Gasteiger charge is -2.16. The van der Waals surface area contributed by atoms with Crippen molar-refractivity contribution in [2.75, 3.05) is 0 Å². The van der Waals surface area contributed by atoms with Gasteiger partial charge in [-0.05, 0) is 43.0 Å². The van der Waals surface area contributed by atoms with Crippen molar-refractivity contribution < 1.29 is 14.7 Å². The average Bonchev–Trinajstić information content (AvgIpc) is 3.06. The van der Waals surface area contributed by atoms with Crippen LogP contribution in [0, 0.1) is 5.92 Å². The molecule has 0 saturated heterocycles. The second-order valence-electron chi connectivity index (χ2n) is 5.00. The summed E-state index contributed by atoms with van der Waals surface area (Å²) in [5.41, 5.74) is 0. The maximum absolute atomic E-state index is 11.9. The number of hydrogen-bond acceptors (Lipinski definition) is 3. The first-order valence-corrected chi connectivity index (χ1v) is 7.59. The summed E-state index contributed by atoms with van der Waals surface area (Å²) >= 11 is 1.68. The Balaban J connectivity index is 1.75. The minimum absolute atomic E-state index is 0.0377. The number of carbonyl (C=O) groups excluding carboxylic acids is 1. The largest absolute Gasteiger partial charge is 0.481 e. The summed E-state index contributed by atoms with van der Waals surface area (Å²) in [4.78, 5) is 23.5. The predicted molar refractivity (Wildman–Crippen MR) is 74.0 cm³/mol. The van der Waals surface area contributed by atoms with E-state index in [-0.39, 0.29) is 18.4 Å². The number of aliphatic carboxylic acids is 1. The van der Waals surface area contributed by atoms with Crippen LogP contribution >= 0.6 is 11.3 Å². The quantitative estimate of drug-likeness (QED) is 0.720. The van der Waals surface area contributed by atoms with Crippen molar-refractivity contribution in [3.05, 3.63) is 22.4 Å². The minimum atomic E-state index is -0.796. The molecule has 1 heterocycles. The molecule has 0 aromatic carbocycles. The van der Waals surface area contributed by atoms with Crippen molar-refractivity contribution in [2.24, 2.45) is 5.92 Å². The van der Waals surface area contributed by atoms with Crippen molar-refractivity contribution in [3.63, 3.8) is 0 Å². The Morgan fingerprint density at radius 1 is 1.37 bits per heavy atom. The van der Waals surface area contributed by atoms with Crippen LogP contribution in [0.4, 0.5) is 0 Å². The topological polar surface area (TPSA) is 66.4 Å². The van der Waals surface area contributed by atoms with Gasteiger partial charge in [-0.1, -0.05) is 6.07 Å². The normalized spacial score (nSPS) is 16.0. The van der Waals surface area contributed by atoms with Crippen molar-refractivity contribution in [3.8, 4) is 0 Å². The first kappa shape index (κ1) is 14.1. The summed E-state index contributed by atoms with van der Waals surface area (Å²) in [5, 5.41) is 13.7. The summed E-state index contributed by atoms with van der Waals surface area (Å²) < 4.78 is 0. The van der Waals surface area contributed by atoms with E-state index in [0.717, 1.165) is 0 Å². The fraction of sp³-hybridized carbons (Fsp3) is 0.571. The fourth-order valence-electron chi connectivity index (χ4n) is 2.13. The molecule has 1 amide bonds. The van der Waals surface area contributed by atoms with Gasteiger partial charge in [-0.2, -0.15) is 0 Å². The van der Waals surface area contributed by atoms with Crippen LogP contribution < -0.4 is 5.32 Å². The Morgan fingerprint density at radius 3 is 2.68 bits per heavy atom. The number of amides is 1. The van der Waals surface area contributed by atoms with Crippen LogP contribution in [0.3, 0.4) is 0 Å². The van der Waals surface area contributed by atoms with Gasteiger partial charge in [0.2, 0.25) is 5.91 Å². The zero-order chi connectivity index (χ0) is 13.7. The summed E-state index contributed by atoms with van der Waals surface area (Å²) in [6.07, 6.45) is 4.13. The van der Waals surface area contributed by atoms with Crippen molar-refractivity contribution in [2.45, 2.75) is 44.6 Å². The molecule has 1 atom stereocenters. The molecule has 104 valence electrons. The van der Waals surface area contributed by atoms with Crippen molar-refractivity contribution in [1.82, 2.24) is 5.32 Å². The van der Waals surface area contributed by atoms with E-state index in [4.69, 9.17) is 5.11 Å². The van der Waals surface area contributed by atoms with Crippen LogP contribution in [0.1, 0.15) is 49.4 Å². The van der Waals surface area contributed by atoms with Gasteiger partial charge in [0.25, 0.3) is 0 Å². The lowest BCUT2D eigenvalue weighted by Crippen LogP contribution is -2.29. The van der Waals surface area contributed by atoms with Crippen molar-refractivity contribution >= 4 is 23.2 Å². The molecule has 1 unspecified atom stereocenters. The highest BCUT2D eigenvalue weighted by molar-refractivity contribution is 7.10. The fourth-order valence-corrected chi connectivity index (χ4v) is 3.00. The van der Waals surface area contributed by atoms with Gasteiger partial charge in [0, 0.05) is 17.7 Å². The Labute approximate surface area is 116 Å². The van der Waals surface area contributed by atoms with Gasteiger partial charge in [0.15, 0.2) is 0 Å². The number of carbonyl (C=O) groups is 2. The molecule has 19 heavy (non-hydrogen) atoms. The number of carboxylic acid groups (broad SMARTS) is 1. The van der Waals surface area contributed by atoms with Crippen LogP contribution in [0.15, 0.2) is 17.5 Å². The van der Waals surface area contributed by atoms with Gasteiger partial charge >= 0.3 is 5.97 Å². The molecule has 0 radical (unpaired) electrons. The smallest absolute Gasteiger partial charge is 0.303 e. The molecule has 5 heteroatoms. The average molecular weight is 281 g/mol. The lowest BCUT2D eigenvalue weighted by molar-refractivity contribution is -0.137. The van der Waals surface area contributed by atoms with Gasteiger partial charge in [-0.15, -0.1) is 11.3 Å². The van der Waals surface area contributed by atoms with E-state index in [1.807, 2.05) is 11.4 Å².